The van der Waals surface area contributed by atoms with Crippen molar-refractivity contribution in [2.75, 3.05) is 17.6 Å². The largest absolute Gasteiger partial charge is 0.355 e. The van der Waals surface area contributed by atoms with Crippen molar-refractivity contribution in [3.05, 3.63) is 101 Å². The Morgan fingerprint density at radius 1 is 0.930 bits per heavy atom. The van der Waals surface area contributed by atoms with Crippen LogP contribution in [0.15, 0.2) is 72.8 Å². The molecule has 1 unspecified atom stereocenters. The first kappa shape index (κ1) is 30.7. The fraction of sp³-hybridized carbons (Fsp3) is 0.382. The molecule has 1 aliphatic heterocycles. The molecule has 1 saturated carbocycles. The first-order chi connectivity index (χ1) is 20.9. The number of para-hydroxylation sites is 1. The van der Waals surface area contributed by atoms with Crippen molar-refractivity contribution in [1.82, 2.24) is 10.6 Å². The molecule has 3 N–H and O–H groups in total. The summed E-state index contributed by atoms with van der Waals surface area (Å²) < 4.78 is 27.5. The maximum absolute atomic E-state index is 13.9. The SMILES string of the molecule is O=C(Cc1cc(F)cc(F)c1)NC(CC1CCCCC1)C(=O)Nc1ccccc1[C@@H]1C(=O)NCCS[C@H]1c1ccccc1. The Hall–Kier alpha value is -3.72. The summed E-state index contributed by atoms with van der Waals surface area (Å²) in [6.07, 6.45) is 5.47. The molecule has 2 fully saturated rings. The predicted octanol–water partition coefficient (Wildman–Crippen LogP) is 6.29. The third-order valence-electron chi connectivity index (χ3n) is 8.20. The van der Waals surface area contributed by atoms with Gasteiger partial charge in [-0.1, -0.05) is 80.6 Å². The van der Waals surface area contributed by atoms with Gasteiger partial charge in [0.05, 0.1) is 12.3 Å². The number of nitrogens with one attached hydrogen (secondary N) is 3. The van der Waals surface area contributed by atoms with Gasteiger partial charge in [-0.05, 0) is 47.2 Å². The lowest BCUT2D eigenvalue weighted by Crippen LogP contribution is -2.46. The molecule has 5 rings (SSSR count). The van der Waals surface area contributed by atoms with Crippen LogP contribution in [-0.2, 0) is 20.8 Å². The fourth-order valence-electron chi connectivity index (χ4n) is 6.17. The Labute approximate surface area is 255 Å². The number of anilines is 1. The van der Waals surface area contributed by atoms with E-state index in [1.807, 2.05) is 48.5 Å². The van der Waals surface area contributed by atoms with Crippen molar-refractivity contribution in [2.24, 2.45) is 5.92 Å². The van der Waals surface area contributed by atoms with E-state index in [4.69, 9.17) is 0 Å². The van der Waals surface area contributed by atoms with Gasteiger partial charge >= 0.3 is 0 Å². The molecule has 0 aromatic heterocycles. The minimum Gasteiger partial charge on any atom is -0.355 e. The monoisotopic (exact) mass is 605 g/mol. The number of carbonyl (C=O) groups is 3. The van der Waals surface area contributed by atoms with Crippen LogP contribution in [0.4, 0.5) is 14.5 Å². The summed E-state index contributed by atoms with van der Waals surface area (Å²) in [6.45, 7) is 0.558. The Bertz CT molecular complexity index is 1410. The van der Waals surface area contributed by atoms with Crippen LogP contribution in [0.3, 0.4) is 0 Å². The summed E-state index contributed by atoms with van der Waals surface area (Å²) >= 11 is 1.71. The molecule has 9 heteroatoms. The molecule has 3 amide bonds. The molecule has 6 nitrogen and oxygen atoms in total. The van der Waals surface area contributed by atoms with Gasteiger partial charge in [-0.15, -0.1) is 0 Å². The highest BCUT2D eigenvalue weighted by atomic mass is 32.2. The Morgan fingerprint density at radius 3 is 2.37 bits per heavy atom. The van der Waals surface area contributed by atoms with Gasteiger partial charge in [0.15, 0.2) is 0 Å². The molecule has 3 atom stereocenters. The standard InChI is InChI=1S/C34H37F2N3O3S/c35-25-17-23(18-26(36)21-25)20-30(40)38-29(19-22-9-3-1-4-10-22)33(41)39-28-14-8-7-13-27(28)31-32(24-11-5-2-6-12-24)43-16-15-37-34(31)42/h2,5-8,11-14,17-18,21-22,29,31-32H,1,3-4,9-10,15-16,19-20H2,(H,37,42)(H,38,40)(H,39,41)/t29?,31-,32-/m0/s1. The van der Waals surface area contributed by atoms with E-state index in [0.717, 1.165) is 61.6 Å². The molecule has 0 radical (unpaired) electrons. The van der Waals surface area contributed by atoms with Crippen LogP contribution in [0.5, 0.6) is 0 Å². The molecule has 1 aliphatic carbocycles. The van der Waals surface area contributed by atoms with Crippen LogP contribution in [0, 0.1) is 17.6 Å². The number of hydrogen-bond acceptors (Lipinski definition) is 4. The zero-order valence-corrected chi connectivity index (χ0v) is 24.8. The Balaban J connectivity index is 1.39. The topological polar surface area (TPSA) is 87.3 Å². The van der Waals surface area contributed by atoms with Crippen molar-refractivity contribution in [3.8, 4) is 0 Å². The van der Waals surface area contributed by atoms with E-state index >= 15 is 0 Å². The summed E-state index contributed by atoms with van der Waals surface area (Å²) in [5.41, 5.74) is 2.45. The number of thioether (sulfide) groups is 1. The van der Waals surface area contributed by atoms with Gasteiger partial charge in [0.2, 0.25) is 17.7 Å². The van der Waals surface area contributed by atoms with Crippen LogP contribution in [0.1, 0.15) is 66.4 Å². The molecule has 226 valence electrons. The van der Waals surface area contributed by atoms with E-state index in [1.165, 1.54) is 0 Å². The average Bonchev–Trinajstić information content (AvgIpc) is 3.18. The van der Waals surface area contributed by atoms with Crippen molar-refractivity contribution in [1.29, 1.82) is 0 Å². The third-order valence-corrected chi connectivity index (χ3v) is 9.54. The second-order valence-electron chi connectivity index (χ2n) is 11.4. The van der Waals surface area contributed by atoms with Gasteiger partial charge in [-0.2, -0.15) is 11.8 Å². The van der Waals surface area contributed by atoms with E-state index in [1.54, 1.807) is 17.8 Å². The van der Waals surface area contributed by atoms with Gasteiger partial charge in [0.25, 0.3) is 0 Å². The van der Waals surface area contributed by atoms with E-state index < -0.39 is 29.5 Å². The van der Waals surface area contributed by atoms with Crippen LogP contribution in [0.2, 0.25) is 0 Å². The quantitative estimate of drug-likeness (QED) is 0.268. The zero-order chi connectivity index (χ0) is 30.2. The highest BCUT2D eigenvalue weighted by molar-refractivity contribution is 7.99. The first-order valence-corrected chi connectivity index (χ1v) is 16.0. The van der Waals surface area contributed by atoms with Gasteiger partial charge in [-0.25, -0.2) is 8.78 Å². The summed E-state index contributed by atoms with van der Waals surface area (Å²) in [4.78, 5) is 40.4. The molecule has 1 saturated heterocycles. The molecular weight excluding hydrogens is 568 g/mol. The third kappa shape index (κ3) is 8.22. The molecule has 2 aliphatic rings. The zero-order valence-electron chi connectivity index (χ0n) is 24.0. The van der Waals surface area contributed by atoms with Crippen LogP contribution < -0.4 is 16.0 Å². The minimum absolute atomic E-state index is 0.102. The number of benzene rings is 3. The molecule has 0 spiro atoms. The number of hydrogen-bond donors (Lipinski definition) is 3. The highest BCUT2D eigenvalue weighted by Gasteiger charge is 2.35. The lowest BCUT2D eigenvalue weighted by Gasteiger charge is -2.28. The maximum atomic E-state index is 13.9. The van der Waals surface area contributed by atoms with Crippen LogP contribution in [0.25, 0.3) is 0 Å². The van der Waals surface area contributed by atoms with Crippen LogP contribution in [-0.4, -0.2) is 36.1 Å². The number of halogens is 2. The van der Waals surface area contributed by atoms with E-state index in [-0.39, 0.29) is 35.0 Å². The molecule has 0 bridgehead atoms. The van der Waals surface area contributed by atoms with E-state index in [9.17, 15) is 23.2 Å². The van der Waals surface area contributed by atoms with Crippen molar-refractivity contribution < 1.29 is 23.2 Å². The smallest absolute Gasteiger partial charge is 0.246 e. The van der Waals surface area contributed by atoms with Gasteiger partial charge < -0.3 is 16.0 Å². The summed E-state index contributed by atoms with van der Waals surface area (Å²) in [7, 11) is 0. The summed E-state index contributed by atoms with van der Waals surface area (Å²) in [5, 5.41) is 8.76. The second-order valence-corrected chi connectivity index (χ2v) is 12.6. The highest BCUT2D eigenvalue weighted by Crippen LogP contribution is 2.45. The number of amides is 3. The number of carbonyl (C=O) groups excluding carboxylic acids is 3. The first-order valence-electron chi connectivity index (χ1n) is 15.0. The van der Waals surface area contributed by atoms with E-state index in [0.29, 0.717) is 24.2 Å². The van der Waals surface area contributed by atoms with Crippen molar-refractivity contribution in [2.45, 2.75) is 62.2 Å². The fourth-order valence-corrected chi connectivity index (χ4v) is 7.46. The van der Waals surface area contributed by atoms with E-state index in [2.05, 4.69) is 16.0 Å². The van der Waals surface area contributed by atoms with Gasteiger partial charge in [0.1, 0.15) is 17.7 Å². The van der Waals surface area contributed by atoms with Gasteiger partial charge in [0, 0.05) is 29.3 Å². The maximum Gasteiger partial charge on any atom is 0.246 e. The van der Waals surface area contributed by atoms with Gasteiger partial charge in [-0.3, -0.25) is 14.4 Å². The van der Waals surface area contributed by atoms with Crippen molar-refractivity contribution in [3.63, 3.8) is 0 Å². The summed E-state index contributed by atoms with van der Waals surface area (Å²) in [5.74, 6) is -1.99. The van der Waals surface area contributed by atoms with Crippen LogP contribution >= 0.6 is 11.8 Å². The predicted molar refractivity (Wildman–Crippen MR) is 166 cm³/mol. The molecule has 43 heavy (non-hydrogen) atoms. The second kappa shape index (κ2) is 14.6. The molecule has 3 aromatic carbocycles. The lowest BCUT2D eigenvalue weighted by atomic mass is 9.84. The van der Waals surface area contributed by atoms with Crippen molar-refractivity contribution >= 4 is 35.2 Å². The molecule has 3 aromatic rings. The molecular formula is C34H37F2N3O3S. The Kier molecular flexibility index (Phi) is 10.5. The minimum atomic E-state index is -0.843. The number of rotatable bonds is 9. The lowest BCUT2D eigenvalue weighted by molar-refractivity contribution is -0.126. The Morgan fingerprint density at radius 2 is 1.63 bits per heavy atom. The average molecular weight is 606 g/mol. The molecule has 1 heterocycles. The summed E-state index contributed by atoms with van der Waals surface area (Å²) in [6, 6.07) is 19.4. The normalized spacial score (nSPS) is 20.0.